The fraction of sp³-hybridized carbons (Fsp3) is 0.973. The van der Waals surface area contributed by atoms with Gasteiger partial charge in [-0.1, -0.05) is 194 Å². The van der Waals surface area contributed by atoms with Gasteiger partial charge in [-0.15, -0.1) is 0 Å². The van der Waals surface area contributed by atoms with Gasteiger partial charge in [0.15, 0.2) is 0 Å². The summed E-state index contributed by atoms with van der Waals surface area (Å²) in [6, 6.07) is 0. The van der Waals surface area contributed by atoms with Gasteiger partial charge in [0.2, 0.25) is 0 Å². The lowest BCUT2D eigenvalue weighted by atomic mass is 10.0. The van der Waals surface area contributed by atoms with Crippen LogP contribution in [0.4, 0.5) is 0 Å². The first-order valence-corrected chi connectivity index (χ1v) is 19.7. The molecule has 0 fully saturated rings. The summed E-state index contributed by atoms with van der Waals surface area (Å²) < 4.78 is 5.44. The highest BCUT2D eigenvalue weighted by Crippen LogP contribution is 2.16. The van der Waals surface area contributed by atoms with Crippen molar-refractivity contribution < 1.29 is 9.53 Å². The fourth-order valence-electron chi connectivity index (χ4n) is 5.56. The Morgan fingerprint density at radius 2 is 0.700 bits per heavy atom. The van der Waals surface area contributed by atoms with Crippen molar-refractivity contribution in [3.8, 4) is 0 Å². The summed E-state index contributed by atoms with van der Waals surface area (Å²) in [5.74, 6) is 2.13. The molecule has 0 saturated heterocycles. The Bertz CT molecular complexity index is 467. The summed E-state index contributed by atoms with van der Waals surface area (Å²) in [7, 11) is 0. The summed E-state index contributed by atoms with van der Waals surface area (Å²) in [5.41, 5.74) is 0. The van der Waals surface area contributed by atoms with Crippen molar-refractivity contribution in [2.75, 3.05) is 18.1 Å². The van der Waals surface area contributed by atoms with Crippen LogP contribution in [0, 0.1) is 0 Å². The molecule has 0 aromatic heterocycles. The molecule has 2 nitrogen and oxygen atoms in total. The van der Waals surface area contributed by atoms with Crippen LogP contribution in [-0.2, 0) is 9.53 Å². The molecular weight excluding hydrogens is 508 g/mol. The van der Waals surface area contributed by atoms with Gasteiger partial charge < -0.3 is 4.74 Å². The van der Waals surface area contributed by atoms with E-state index < -0.39 is 0 Å². The smallest absolute Gasteiger partial charge is 0.306 e. The molecule has 0 spiro atoms. The Kier molecular flexibility index (Phi) is 36.7. The van der Waals surface area contributed by atoms with E-state index in [1.807, 2.05) is 11.8 Å². The van der Waals surface area contributed by atoms with Crippen LogP contribution in [0.3, 0.4) is 0 Å². The van der Waals surface area contributed by atoms with Crippen LogP contribution in [0.5, 0.6) is 0 Å². The molecule has 0 radical (unpaired) electrons. The molecule has 0 amide bonds. The average molecular weight is 583 g/mol. The monoisotopic (exact) mass is 583 g/mol. The zero-order chi connectivity index (χ0) is 29.0. The molecule has 3 heteroatoms. The molecule has 0 rings (SSSR count). The summed E-state index contributed by atoms with van der Waals surface area (Å²) in [5, 5.41) is 0. The lowest BCUT2D eigenvalue weighted by molar-refractivity contribution is -0.143. The third-order valence-electron chi connectivity index (χ3n) is 8.35. The Morgan fingerprint density at radius 3 is 1.05 bits per heavy atom. The minimum absolute atomic E-state index is 0.00866. The number of unbranched alkanes of at least 4 members (excludes halogenated alkanes) is 28. The third-order valence-corrected chi connectivity index (χ3v) is 9.42. The second-order valence-corrected chi connectivity index (χ2v) is 13.7. The van der Waals surface area contributed by atoms with Gasteiger partial charge in [0.1, 0.15) is 0 Å². The van der Waals surface area contributed by atoms with Gasteiger partial charge >= 0.3 is 5.97 Å². The van der Waals surface area contributed by atoms with Gasteiger partial charge in [-0.25, -0.2) is 0 Å². The van der Waals surface area contributed by atoms with Gasteiger partial charge in [0.25, 0.3) is 0 Å². The number of hydrogen-bond acceptors (Lipinski definition) is 3. The summed E-state index contributed by atoms with van der Waals surface area (Å²) in [6.07, 6.45) is 42.4. The second-order valence-electron chi connectivity index (χ2n) is 12.5. The van der Waals surface area contributed by atoms with Crippen molar-refractivity contribution in [3.05, 3.63) is 0 Å². The summed E-state index contributed by atoms with van der Waals surface area (Å²) >= 11 is 1.93. The van der Waals surface area contributed by atoms with Crippen molar-refractivity contribution in [3.63, 3.8) is 0 Å². The van der Waals surface area contributed by atoms with E-state index >= 15 is 0 Å². The first-order chi connectivity index (χ1) is 19.8. The van der Waals surface area contributed by atoms with E-state index in [2.05, 4.69) is 13.8 Å². The van der Waals surface area contributed by atoms with E-state index in [-0.39, 0.29) is 5.97 Å². The van der Waals surface area contributed by atoms with Gasteiger partial charge in [0, 0.05) is 5.75 Å². The molecule has 0 aromatic carbocycles. The van der Waals surface area contributed by atoms with E-state index in [1.54, 1.807) is 0 Å². The highest BCUT2D eigenvalue weighted by atomic mass is 32.2. The summed E-state index contributed by atoms with van der Waals surface area (Å²) in [6.45, 7) is 5.21. The molecule has 0 atom stereocenters. The molecule has 0 aliphatic heterocycles. The van der Waals surface area contributed by atoms with E-state index in [0.717, 1.165) is 12.2 Å². The number of thioether (sulfide) groups is 1. The number of ether oxygens (including phenoxy) is 1. The SMILES string of the molecule is CCCCCCCCCCCCCCCCCOC(=O)CCSCCCCCCCCCCCCCCCCC. The summed E-state index contributed by atoms with van der Waals surface area (Å²) in [4.78, 5) is 11.9. The van der Waals surface area contributed by atoms with Gasteiger partial charge in [0.05, 0.1) is 13.0 Å². The first kappa shape index (κ1) is 39.8. The predicted octanol–water partition coefficient (Wildman–Crippen LogP) is 13.4. The maximum Gasteiger partial charge on any atom is 0.306 e. The molecule has 0 bridgehead atoms. The lowest BCUT2D eigenvalue weighted by Gasteiger charge is -2.06. The Balaban J connectivity index is 3.14. The van der Waals surface area contributed by atoms with Crippen LogP contribution in [0.15, 0.2) is 0 Å². The largest absolute Gasteiger partial charge is 0.466 e. The molecule has 0 saturated carbocycles. The van der Waals surface area contributed by atoms with Crippen LogP contribution in [-0.4, -0.2) is 24.1 Å². The number of carbonyl (C=O) groups is 1. The molecule has 40 heavy (non-hydrogen) atoms. The van der Waals surface area contributed by atoms with Gasteiger partial charge in [-0.3, -0.25) is 4.79 Å². The van der Waals surface area contributed by atoms with Crippen molar-refractivity contribution in [1.82, 2.24) is 0 Å². The molecule has 0 aromatic rings. The van der Waals surface area contributed by atoms with Crippen molar-refractivity contribution >= 4 is 17.7 Å². The standard InChI is InChI=1S/C37H74O2S/c1-3-5-7-9-11-13-15-17-19-21-23-25-27-29-31-34-39-37(38)33-36-40-35-32-30-28-26-24-22-20-18-16-14-12-10-8-6-4-2/h3-36H2,1-2H3. The minimum atomic E-state index is 0.00866. The predicted molar refractivity (Wildman–Crippen MR) is 183 cm³/mol. The number of hydrogen-bond donors (Lipinski definition) is 0. The van der Waals surface area contributed by atoms with E-state index in [4.69, 9.17) is 4.74 Å². The lowest BCUT2D eigenvalue weighted by Crippen LogP contribution is -2.07. The fourth-order valence-corrected chi connectivity index (χ4v) is 6.49. The Labute approximate surface area is 257 Å². The van der Waals surface area contributed by atoms with E-state index in [0.29, 0.717) is 13.0 Å². The zero-order valence-electron chi connectivity index (χ0n) is 27.8. The van der Waals surface area contributed by atoms with Crippen LogP contribution < -0.4 is 0 Å². The van der Waals surface area contributed by atoms with Crippen LogP contribution in [0.1, 0.15) is 213 Å². The van der Waals surface area contributed by atoms with Crippen molar-refractivity contribution in [2.45, 2.75) is 213 Å². The van der Waals surface area contributed by atoms with Crippen LogP contribution in [0.25, 0.3) is 0 Å². The molecule has 0 heterocycles. The Hall–Kier alpha value is -0.180. The third kappa shape index (κ3) is 35.8. The highest BCUT2D eigenvalue weighted by molar-refractivity contribution is 7.99. The number of esters is 1. The number of carbonyl (C=O) groups excluding carboxylic acids is 1. The Morgan fingerprint density at radius 1 is 0.400 bits per heavy atom. The van der Waals surface area contributed by atoms with E-state index in [1.165, 1.54) is 192 Å². The normalized spacial score (nSPS) is 11.3. The van der Waals surface area contributed by atoms with Crippen LogP contribution in [0.2, 0.25) is 0 Å². The van der Waals surface area contributed by atoms with E-state index in [9.17, 15) is 4.79 Å². The highest BCUT2D eigenvalue weighted by Gasteiger charge is 2.03. The molecule has 240 valence electrons. The molecule has 0 aliphatic rings. The molecular formula is C37H74O2S. The number of rotatable bonds is 35. The van der Waals surface area contributed by atoms with Gasteiger partial charge in [-0.05, 0) is 18.6 Å². The average Bonchev–Trinajstić information content (AvgIpc) is 2.96. The zero-order valence-corrected chi connectivity index (χ0v) is 28.6. The minimum Gasteiger partial charge on any atom is -0.466 e. The molecule has 0 aliphatic carbocycles. The quantitative estimate of drug-likeness (QED) is 0.0549. The van der Waals surface area contributed by atoms with Gasteiger partial charge in [-0.2, -0.15) is 11.8 Å². The van der Waals surface area contributed by atoms with Crippen molar-refractivity contribution in [1.29, 1.82) is 0 Å². The topological polar surface area (TPSA) is 26.3 Å². The van der Waals surface area contributed by atoms with Crippen molar-refractivity contribution in [2.24, 2.45) is 0 Å². The first-order valence-electron chi connectivity index (χ1n) is 18.5. The second kappa shape index (κ2) is 36.8. The molecule has 0 N–H and O–H groups in total. The molecule has 0 unspecified atom stereocenters. The maximum atomic E-state index is 11.9. The van der Waals surface area contributed by atoms with Crippen LogP contribution >= 0.6 is 11.8 Å². The maximum absolute atomic E-state index is 11.9.